The molecule has 1 N–H and O–H groups in total. The fourth-order valence-corrected chi connectivity index (χ4v) is 2.97. The van der Waals surface area contributed by atoms with Gasteiger partial charge in [0.25, 0.3) is 5.91 Å². The first-order chi connectivity index (χ1) is 14.0. The maximum absolute atomic E-state index is 12.8. The highest BCUT2D eigenvalue weighted by atomic mass is 16.6. The van der Waals surface area contributed by atoms with E-state index in [1.54, 1.807) is 25.1 Å². The van der Waals surface area contributed by atoms with Crippen LogP contribution in [0.25, 0.3) is 0 Å². The van der Waals surface area contributed by atoms with E-state index in [-0.39, 0.29) is 23.6 Å². The van der Waals surface area contributed by atoms with Gasteiger partial charge in [0.1, 0.15) is 12.2 Å². The number of benzene rings is 3. The molecular weight excluding hydrogens is 368 g/mol. The third-order valence-corrected chi connectivity index (χ3v) is 4.60. The van der Waals surface area contributed by atoms with Crippen LogP contribution in [0.5, 0.6) is 5.75 Å². The first kappa shape index (κ1) is 20.1. The molecule has 3 aromatic carbocycles. The lowest BCUT2D eigenvalue weighted by molar-refractivity contribution is -0.386. The average molecular weight is 390 g/mol. The van der Waals surface area contributed by atoms with Crippen molar-refractivity contribution in [3.05, 3.63) is 99.1 Å². The summed E-state index contributed by atoms with van der Waals surface area (Å²) in [6, 6.07) is 19.9. The van der Waals surface area contributed by atoms with E-state index in [2.05, 4.69) is 5.32 Å². The summed E-state index contributed by atoms with van der Waals surface area (Å²) in [5, 5.41) is 14.5. The van der Waals surface area contributed by atoms with E-state index in [0.717, 1.165) is 17.5 Å². The van der Waals surface area contributed by atoms with E-state index in [1.165, 1.54) is 6.07 Å². The van der Waals surface area contributed by atoms with E-state index >= 15 is 0 Å². The van der Waals surface area contributed by atoms with Gasteiger partial charge in [-0.25, -0.2) is 0 Å². The van der Waals surface area contributed by atoms with Crippen molar-refractivity contribution in [2.75, 3.05) is 5.32 Å². The monoisotopic (exact) mass is 390 g/mol. The van der Waals surface area contributed by atoms with Crippen LogP contribution in [0.2, 0.25) is 0 Å². The molecule has 0 heterocycles. The normalized spacial score (nSPS) is 10.4. The third-order valence-electron chi connectivity index (χ3n) is 4.60. The summed E-state index contributed by atoms with van der Waals surface area (Å²) in [5.74, 6) is -0.446. The summed E-state index contributed by atoms with van der Waals surface area (Å²) >= 11 is 0. The lowest BCUT2D eigenvalue weighted by Gasteiger charge is -2.13. The second-order valence-corrected chi connectivity index (χ2v) is 6.64. The number of hydrogen-bond donors (Lipinski definition) is 1. The summed E-state index contributed by atoms with van der Waals surface area (Å²) in [6.07, 6.45) is 0.889. The van der Waals surface area contributed by atoms with E-state index in [4.69, 9.17) is 4.74 Å². The number of hydrogen-bond acceptors (Lipinski definition) is 4. The Morgan fingerprint density at radius 1 is 1.00 bits per heavy atom. The Morgan fingerprint density at radius 2 is 1.69 bits per heavy atom. The van der Waals surface area contributed by atoms with Crippen LogP contribution in [0, 0.1) is 17.0 Å². The summed E-state index contributed by atoms with van der Waals surface area (Å²) in [4.78, 5) is 24.0. The fraction of sp³-hybridized carbons (Fsp3) is 0.174. The molecule has 148 valence electrons. The predicted octanol–water partition coefficient (Wildman–Crippen LogP) is 5.30. The van der Waals surface area contributed by atoms with Gasteiger partial charge in [0.2, 0.25) is 5.75 Å². The van der Waals surface area contributed by atoms with Crippen molar-refractivity contribution in [2.45, 2.75) is 26.9 Å². The molecule has 0 saturated carbocycles. The highest BCUT2D eigenvalue weighted by Gasteiger charge is 2.27. The molecule has 6 heteroatoms. The molecular formula is C23H22N2O4. The lowest BCUT2D eigenvalue weighted by atomic mass is 10.1. The molecule has 6 nitrogen and oxygen atoms in total. The van der Waals surface area contributed by atoms with Gasteiger partial charge in [0.15, 0.2) is 0 Å². The minimum absolute atomic E-state index is 0.0387. The van der Waals surface area contributed by atoms with Gasteiger partial charge < -0.3 is 10.1 Å². The Bertz CT molecular complexity index is 1020. The molecule has 3 rings (SSSR count). The molecule has 0 aliphatic carbocycles. The van der Waals surface area contributed by atoms with Gasteiger partial charge >= 0.3 is 5.69 Å². The van der Waals surface area contributed by atoms with E-state index in [9.17, 15) is 14.9 Å². The van der Waals surface area contributed by atoms with Crippen LogP contribution in [0.3, 0.4) is 0 Å². The van der Waals surface area contributed by atoms with Gasteiger partial charge in [0, 0.05) is 5.69 Å². The molecule has 0 unspecified atom stereocenters. The number of ether oxygens (including phenoxy) is 1. The molecule has 0 bridgehead atoms. The molecule has 29 heavy (non-hydrogen) atoms. The Balaban J connectivity index is 1.89. The third kappa shape index (κ3) is 4.79. The standard InChI is InChI=1S/C23H22N2O4/c1-3-17-10-12-19(13-11-17)24-23(26)20-14-9-16(2)22(21(20)25(27)28)29-15-18-7-5-4-6-8-18/h4-14H,3,15H2,1-2H3,(H,24,26). The quantitative estimate of drug-likeness (QED) is 0.439. The molecule has 0 spiro atoms. The molecule has 0 atom stereocenters. The second kappa shape index (κ2) is 9.01. The number of anilines is 1. The van der Waals surface area contributed by atoms with Crippen LogP contribution in [0.4, 0.5) is 11.4 Å². The first-order valence-corrected chi connectivity index (χ1v) is 9.34. The Hall–Kier alpha value is -3.67. The highest BCUT2D eigenvalue weighted by molar-refractivity contribution is 6.07. The van der Waals surface area contributed by atoms with Crippen molar-refractivity contribution in [1.82, 2.24) is 0 Å². The maximum Gasteiger partial charge on any atom is 0.323 e. The summed E-state index contributed by atoms with van der Waals surface area (Å²) in [7, 11) is 0. The van der Waals surface area contributed by atoms with Gasteiger partial charge in [-0.05, 0) is 48.2 Å². The predicted molar refractivity (Wildman–Crippen MR) is 112 cm³/mol. The first-order valence-electron chi connectivity index (χ1n) is 9.34. The van der Waals surface area contributed by atoms with Crippen molar-refractivity contribution < 1.29 is 14.5 Å². The highest BCUT2D eigenvalue weighted by Crippen LogP contribution is 2.35. The molecule has 1 amide bonds. The van der Waals surface area contributed by atoms with E-state index in [1.807, 2.05) is 49.4 Å². The van der Waals surface area contributed by atoms with Crippen LogP contribution in [-0.4, -0.2) is 10.8 Å². The number of nitrogens with zero attached hydrogens (tertiary/aromatic N) is 1. The minimum Gasteiger partial charge on any atom is -0.482 e. The van der Waals surface area contributed by atoms with Crippen molar-refractivity contribution in [3.63, 3.8) is 0 Å². The van der Waals surface area contributed by atoms with Crippen molar-refractivity contribution in [3.8, 4) is 5.75 Å². The SMILES string of the molecule is CCc1ccc(NC(=O)c2ccc(C)c(OCc3ccccc3)c2[N+](=O)[O-])cc1. The summed E-state index contributed by atoms with van der Waals surface area (Å²) in [5.41, 5.74) is 2.82. The minimum atomic E-state index is -0.567. The number of nitrogens with one attached hydrogen (secondary N) is 1. The van der Waals surface area contributed by atoms with Crippen molar-refractivity contribution in [2.24, 2.45) is 0 Å². The zero-order valence-corrected chi connectivity index (χ0v) is 16.3. The molecule has 0 radical (unpaired) electrons. The number of nitro benzene ring substituents is 1. The summed E-state index contributed by atoms with van der Waals surface area (Å²) in [6.45, 7) is 3.94. The Kier molecular flexibility index (Phi) is 6.24. The molecule has 3 aromatic rings. The van der Waals surface area contributed by atoms with E-state index in [0.29, 0.717) is 11.3 Å². The largest absolute Gasteiger partial charge is 0.482 e. The second-order valence-electron chi connectivity index (χ2n) is 6.64. The van der Waals surface area contributed by atoms with E-state index < -0.39 is 10.8 Å². The van der Waals surface area contributed by atoms with Gasteiger partial charge in [0.05, 0.1) is 4.92 Å². The number of rotatable bonds is 7. The lowest BCUT2D eigenvalue weighted by Crippen LogP contribution is -2.15. The maximum atomic E-state index is 12.8. The number of carbonyl (C=O) groups excluding carboxylic acids is 1. The van der Waals surface area contributed by atoms with Gasteiger partial charge in [-0.15, -0.1) is 0 Å². The molecule has 0 aliphatic rings. The van der Waals surface area contributed by atoms with Crippen LogP contribution < -0.4 is 10.1 Å². The van der Waals surface area contributed by atoms with Gasteiger partial charge in [-0.1, -0.05) is 55.5 Å². The van der Waals surface area contributed by atoms with Gasteiger partial charge in [-0.2, -0.15) is 0 Å². The Morgan fingerprint density at radius 3 is 2.31 bits per heavy atom. The smallest absolute Gasteiger partial charge is 0.323 e. The van der Waals surface area contributed by atoms with Crippen LogP contribution >= 0.6 is 0 Å². The van der Waals surface area contributed by atoms with Gasteiger partial charge in [-0.3, -0.25) is 14.9 Å². The van der Waals surface area contributed by atoms with Crippen molar-refractivity contribution >= 4 is 17.3 Å². The van der Waals surface area contributed by atoms with Crippen LogP contribution in [0.15, 0.2) is 66.7 Å². The number of carbonyl (C=O) groups is 1. The number of aryl methyl sites for hydroxylation is 2. The number of amides is 1. The molecule has 0 fully saturated rings. The zero-order chi connectivity index (χ0) is 20.8. The molecule has 0 saturated heterocycles. The molecule has 0 aliphatic heterocycles. The number of nitro groups is 1. The zero-order valence-electron chi connectivity index (χ0n) is 16.3. The van der Waals surface area contributed by atoms with Crippen LogP contribution in [0.1, 0.15) is 34.0 Å². The van der Waals surface area contributed by atoms with Crippen molar-refractivity contribution in [1.29, 1.82) is 0 Å². The molecule has 0 aromatic heterocycles. The Labute approximate surface area is 169 Å². The van der Waals surface area contributed by atoms with Crippen LogP contribution in [-0.2, 0) is 13.0 Å². The average Bonchev–Trinajstić information content (AvgIpc) is 2.73. The topological polar surface area (TPSA) is 81.5 Å². The fourth-order valence-electron chi connectivity index (χ4n) is 2.97. The summed E-state index contributed by atoms with van der Waals surface area (Å²) < 4.78 is 5.76.